The zero-order chi connectivity index (χ0) is 47.6. The molecule has 0 radical (unpaired) electrons. The lowest BCUT2D eigenvalue weighted by Gasteiger charge is -2.63. The zero-order valence-electron chi connectivity index (χ0n) is 39.8. The van der Waals surface area contributed by atoms with Crippen LogP contribution in [0.25, 0.3) is 56.4 Å². The molecule has 15 rings (SSSR count). The SMILES string of the molecule is CC1(C)c2ccccc2N(c2ccc(-c3nc(-c4ccccc4)nc(-c4cccc(-c5cccc(-c6ccc7c(c6)C6(c8ccccc8S7(=O)=O)C7CC8CC(C7)CC6C8)c5)c4)n3)cc2)c2ccccc21. The van der Waals surface area contributed by atoms with E-state index in [0.717, 1.165) is 67.6 Å². The van der Waals surface area contributed by atoms with Crippen molar-refractivity contribution < 1.29 is 8.42 Å². The summed E-state index contributed by atoms with van der Waals surface area (Å²) in [7, 11) is -3.68. The summed E-state index contributed by atoms with van der Waals surface area (Å²) in [5.74, 6) is 4.20. The van der Waals surface area contributed by atoms with Crippen LogP contribution in [-0.4, -0.2) is 23.4 Å². The highest BCUT2D eigenvalue weighted by atomic mass is 32.2. The number of hydrogen-bond acceptors (Lipinski definition) is 6. The van der Waals surface area contributed by atoms with Crippen molar-refractivity contribution >= 4 is 26.9 Å². The minimum atomic E-state index is -3.68. The van der Waals surface area contributed by atoms with E-state index < -0.39 is 9.84 Å². The second-order valence-electron chi connectivity index (χ2n) is 21.3. The van der Waals surface area contributed by atoms with Crippen molar-refractivity contribution in [2.45, 2.75) is 66.6 Å². The third-order valence-electron chi connectivity index (χ3n) is 17.1. The van der Waals surface area contributed by atoms with E-state index >= 15 is 0 Å². The van der Waals surface area contributed by atoms with E-state index in [9.17, 15) is 8.42 Å². The van der Waals surface area contributed by atoms with E-state index in [4.69, 9.17) is 15.0 Å². The molecule has 0 N–H and O–H groups in total. The second-order valence-corrected chi connectivity index (χ2v) is 23.1. The summed E-state index contributed by atoms with van der Waals surface area (Å²) < 4.78 is 29.0. The van der Waals surface area contributed by atoms with Gasteiger partial charge in [0.1, 0.15) is 0 Å². The third kappa shape index (κ3) is 6.44. The first kappa shape index (κ1) is 42.4. The number of anilines is 3. The van der Waals surface area contributed by atoms with Gasteiger partial charge in [-0.3, -0.25) is 0 Å². The Labute approximate surface area is 416 Å². The fourth-order valence-corrected chi connectivity index (χ4v) is 15.9. The normalized spacial score (nSPS) is 22.6. The van der Waals surface area contributed by atoms with Crippen LogP contribution in [-0.2, 0) is 20.7 Å². The van der Waals surface area contributed by atoms with Crippen LogP contribution in [0.5, 0.6) is 0 Å². The first-order chi connectivity index (χ1) is 34.6. The Morgan fingerprint density at radius 1 is 0.408 bits per heavy atom. The van der Waals surface area contributed by atoms with Crippen LogP contribution in [0.3, 0.4) is 0 Å². The number of nitrogens with zero attached hydrogens (tertiary/aromatic N) is 4. The van der Waals surface area contributed by atoms with Gasteiger partial charge in [-0.1, -0.05) is 141 Å². The Kier molecular flexibility index (Phi) is 9.41. The molecule has 3 heterocycles. The van der Waals surface area contributed by atoms with Gasteiger partial charge in [-0.15, -0.1) is 0 Å². The van der Waals surface area contributed by atoms with E-state index in [-0.39, 0.29) is 10.8 Å². The molecule has 6 nitrogen and oxygen atoms in total. The van der Waals surface area contributed by atoms with Gasteiger partial charge in [0, 0.05) is 33.2 Å². The van der Waals surface area contributed by atoms with Gasteiger partial charge in [0.25, 0.3) is 0 Å². The van der Waals surface area contributed by atoms with Crippen molar-refractivity contribution in [2.24, 2.45) is 23.7 Å². The van der Waals surface area contributed by atoms with Gasteiger partial charge < -0.3 is 4.90 Å². The Bertz CT molecular complexity index is 3660. The second kappa shape index (κ2) is 15.8. The third-order valence-corrected chi connectivity index (χ3v) is 19.0. The Hall–Kier alpha value is -7.48. The van der Waals surface area contributed by atoms with Crippen molar-refractivity contribution in [1.29, 1.82) is 0 Å². The van der Waals surface area contributed by atoms with Crippen LogP contribution < -0.4 is 4.90 Å². The Morgan fingerprint density at radius 3 is 1.45 bits per heavy atom. The maximum Gasteiger partial charge on any atom is 0.207 e. The highest BCUT2D eigenvalue weighted by molar-refractivity contribution is 7.91. The van der Waals surface area contributed by atoms with Gasteiger partial charge in [0.15, 0.2) is 17.5 Å². The summed E-state index contributed by atoms with van der Waals surface area (Å²) >= 11 is 0. The van der Waals surface area contributed by atoms with Crippen molar-refractivity contribution in [1.82, 2.24) is 15.0 Å². The lowest BCUT2D eigenvalue weighted by atomic mass is 9.42. The quantitative estimate of drug-likeness (QED) is 0.165. The molecular weight excluding hydrogens is 889 g/mol. The van der Waals surface area contributed by atoms with E-state index in [1.165, 1.54) is 54.6 Å². The molecule has 4 bridgehead atoms. The maximum absolute atomic E-state index is 14.5. The van der Waals surface area contributed by atoms with E-state index in [1.54, 1.807) is 0 Å². The minimum Gasteiger partial charge on any atom is -0.310 e. The van der Waals surface area contributed by atoms with Crippen molar-refractivity contribution in [3.8, 4) is 56.4 Å². The maximum atomic E-state index is 14.5. The molecule has 346 valence electrons. The summed E-state index contributed by atoms with van der Waals surface area (Å²) in [6.45, 7) is 4.62. The van der Waals surface area contributed by atoms with Crippen LogP contribution >= 0.6 is 0 Å². The van der Waals surface area contributed by atoms with Crippen molar-refractivity contribution in [3.05, 3.63) is 216 Å². The molecule has 8 aromatic carbocycles. The zero-order valence-corrected chi connectivity index (χ0v) is 40.7. The van der Waals surface area contributed by atoms with Crippen LogP contribution in [0, 0.1) is 23.7 Å². The largest absolute Gasteiger partial charge is 0.310 e. The molecular formula is C64H52N4O2S. The van der Waals surface area contributed by atoms with Gasteiger partial charge in [0.05, 0.1) is 21.2 Å². The molecule has 4 saturated carbocycles. The minimum absolute atomic E-state index is 0.140. The summed E-state index contributed by atoms with van der Waals surface area (Å²) in [5, 5.41) is 0. The number of aromatic nitrogens is 3. The molecule has 1 spiro atoms. The van der Waals surface area contributed by atoms with Crippen molar-refractivity contribution in [3.63, 3.8) is 0 Å². The van der Waals surface area contributed by atoms with Crippen molar-refractivity contribution in [2.75, 3.05) is 4.90 Å². The van der Waals surface area contributed by atoms with Crippen LogP contribution in [0.15, 0.2) is 204 Å². The number of para-hydroxylation sites is 2. The average molecular weight is 941 g/mol. The highest BCUT2D eigenvalue weighted by Gasteiger charge is 2.62. The topological polar surface area (TPSA) is 76.1 Å². The molecule has 0 atom stereocenters. The first-order valence-corrected chi connectivity index (χ1v) is 26.7. The van der Waals surface area contributed by atoms with Gasteiger partial charge in [-0.05, 0) is 167 Å². The van der Waals surface area contributed by atoms with Crippen LogP contribution in [0.4, 0.5) is 17.1 Å². The Balaban J connectivity index is 0.831. The number of sulfone groups is 1. The molecule has 0 unspecified atom stereocenters. The molecule has 71 heavy (non-hydrogen) atoms. The predicted molar refractivity (Wildman–Crippen MR) is 284 cm³/mol. The lowest BCUT2D eigenvalue weighted by Crippen LogP contribution is -2.57. The summed E-state index contributed by atoms with van der Waals surface area (Å²) in [6.07, 6.45) is 6.06. The standard InChI is InChI=1S/C64H52N4O2S/c1-63(2)52-20-6-9-23-56(52)68(57-24-10-7-21-53(57)63)51-29-26-43(27-30-51)61-65-60(42-14-4-3-5-15-42)66-62(67-61)48-19-13-18-46(38-48)44-16-12-17-45(37-44)47-28-31-59-55(39-47)64(54-22-8-11-25-58(54)71(59,69)70)49-33-40-32-41(35-49)36-50(64)34-40/h3-31,37-41,49-50H,32-36H2,1-2H3. The predicted octanol–water partition coefficient (Wildman–Crippen LogP) is 15.2. The van der Waals surface area contributed by atoms with Crippen LogP contribution in [0.2, 0.25) is 0 Å². The summed E-state index contributed by atoms with van der Waals surface area (Å²) in [5.41, 5.74) is 14.5. The van der Waals surface area contributed by atoms with E-state index in [1.807, 2.05) is 54.6 Å². The Morgan fingerprint density at radius 2 is 0.845 bits per heavy atom. The summed E-state index contributed by atoms with van der Waals surface area (Å²) in [6, 6.07) is 67.4. The fourth-order valence-electron chi connectivity index (χ4n) is 14.2. The van der Waals surface area contributed by atoms with Gasteiger partial charge in [-0.25, -0.2) is 23.4 Å². The molecule has 0 amide bonds. The number of rotatable bonds is 6. The van der Waals surface area contributed by atoms with Crippen LogP contribution in [0.1, 0.15) is 68.2 Å². The molecule has 2 aliphatic heterocycles. The smallest absolute Gasteiger partial charge is 0.207 e. The molecule has 0 saturated heterocycles. The highest BCUT2D eigenvalue weighted by Crippen LogP contribution is 2.68. The number of hydrogen-bond donors (Lipinski definition) is 0. The fraction of sp³-hybridized carbons (Fsp3) is 0.203. The lowest BCUT2D eigenvalue weighted by molar-refractivity contribution is -0.0446. The van der Waals surface area contributed by atoms with E-state index in [0.29, 0.717) is 39.1 Å². The van der Waals surface area contributed by atoms with Gasteiger partial charge in [-0.2, -0.15) is 0 Å². The summed E-state index contributed by atoms with van der Waals surface area (Å²) in [4.78, 5) is 18.8. The number of benzene rings is 8. The first-order valence-electron chi connectivity index (χ1n) is 25.3. The molecule has 7 heteroatoms. The van der Waals surface area contributed by atoms with E-state index in [2.05, 4.69) is 158 Å². The monoisotopic (exact) mass is 940 g/mol. The average Bonchev–Trinajstić information content (AvgIpc) is 3.41. The number of fused-ring (bicyclic) bond motifs is 4. The molecule has 4 aliphatic carbocycles. The molecule has 1 aromatic heterocycles. The molecule has 4 fully saturated rings. The molecule has 6 aliphatic rings. The van der Waals surface area contributed by atoms with Gasteiger partial charge in [0.2, 0.25) is 9.84 Å². The molecule has 9 aromatic rings. The van der Waals surface area contributed by atoms with Gasteiger partial charge >= 0.3 is 0 Å².